The summed E-state index contributed by atoms with van der Waals surface area (Å²) >= 11 is 20.4. The van der Waals surface area contributed by atoms with Crippen LogP contribution in [0, 0.1) is 3.57 Å². The Bertz CT molecular complexity index is 1220. The summed E-state index contributed by atoms with van der Waals surface area (Å²) in [5.74, 6) is 0.0770. The number of anilines is 1. The van der Waals surface area contributed by atoms with Crippen LogP contribution in [0.2, 0.25) is 15.1 Å². The molecule has 0 aliphatic carbocycles. The van der Waals surface area contributed by atoms with E-state index >= 15 is 0 Å². The van der Waals surface area contributed by atoms with Crippen LogP contribution in [0.15, 0.2) is 59.0 Å². The van der Waals surface area contributed by atoms with Gasteiger partial charge in [0.05, 0.1) is 21.2 Å². The third-order valence-electron chi connectivity index (χ3n) is 3.98. The Kier molecular flexibility index (Phi) is 5.51. The number of halogens is 4. The normalized spacial score (nSPS) is 11.0. The van der Waals surface area contributed by atoms with Crippen molar-refractivity contribution in [3.8, 4) is 11.5 Å². The molecule has 0 radical (unpaired) electrons. The maximum Gasteiger partial charge on any atom is 0.257 e. The Balaban J connectivity index is 1.65. The highest BCUT2D eigenvalue weighted by Crippen LogP contribution is 2.32. The number of carbonyl (C=O) groups excluding carboxylic acids is 1. The lowest BCUT2D eigenvalue weighted by Crippen LogP contribution is -2.12. The number of oxazole rings is 1. The molecule has 0 atom stereocenters. The monoisotopic (exact) mass is 542 g/mol. The molecule has 4 aromatic rings. The molecule has 4 rings (SSSR count). The van der Waals surface area contributed by atoms with E-state index in [1.807, 2.05) is 6.07 Å². The lowest BCUT2D eigenvalue weighted by Gasteiger charge is -2.07. The standard InChI is InChI=1S/C20H10Cl3IN2O2/c21-10-1-4-13(16(23)7-10)20-26-17-9-12(3-6-18(17)28-20)25-19(27)14-8-11(24)2-5-15(14)22/h1-9H,(H,25,27). The summed E-state index contributed by atoms with van der Waals surface area (Å²) in [5, 5.41) is 4.20. The van der Waals surface area contributed by atoms with Gasteiger partial charge in [-0.15, -0.1) is 0 Å². The molecule has 0 saturated heterocycles. The minimum Gasteiger partial charge on any atom is -0.436 e. The van der Waals surface area contributed by atoms with Crippen molar-refractivity contribution < 1.29 is 9.21 Å². The predicted molar refractivity (Wildman–Crippen MR) is 122 cm³/mol. The van der Waals surface area contributed by atoms with Gasteiger partial charge in [-0.25, -0.2) is 4.98 Å². The molecule has 0 aliphatic heterocycles. The van der Waals surface area contributed by atoms with Crippen LogP contribution in [0.1, 0.15) is 10.4 Å². The molecule has 1 amide bonds. The molecule has 140 valence electrons. The fourth-order valence-corrected chi connectivity index (χ4v) is 3.84. The summed E-state index contributed by atoms with van der Waals surface area (Å²) in [4.78, 5) is 17.0. The predicted octanol–water partition coefficient (Wildman–Crippen LogP) is 7.31. The van der Waals surface area contributed by atoms with Gasteiger partial charge in [-0.3, -0.25) is 4.79 Å². The molecule has 0 bridgehead atoms. The van der Waals surface area contributed by atoms with E-state index in [1.54, 1.807) is 48.5 Å². The number of fused-ring (bicyclic) bond motifs is 1. The van der Waals surface area contributed by atoms with Crippen LogP contribution in [0.3, 0.4) is 0 Å². The van der Waals surface area contributed by atoms with Gasteiger partial charge < -0.3 is 9.73 Å². The van der Waals surface area contributed by atoms with E-state index < -0.39 is 0 Å². The van der Waals surface area contributed by atoms with Crippen LogP contribution in [0.4, 0.5) is 5.69 Å². The van der Waals surface area contributed by atoms with E-state index in [-0.39, 0.29) is 5.91 Å². The minimum atomic E-state index is -0.299. The van der Waals surface area contributed by atoms with Crippen molar-refractivity contribution in [1.82, 2.24) is 4.98 Å². The Morgan fingerprint density at radius 3 is 2.57 bits per heavy atom. The first-order chi connectivity index (χ1) is 13.4. The van der Waals surface area contributed by atoms with Crippen molar-refractivity contribution in [3.05, 3.63) is 78.8 Å². The highest BCUT2D eigenvalue weighted by molar-refractivity contribution is 14.1. The zero-order valence-corrected chi connectivity index (χ0v) is 18.4. The van der Waals surface area contributed by atoms with Gasteiger partial charge in [-0.05, 0) is 77.2 Å². The van der Waals surface area contributed by atoms with Gasteiger partial charge in [-0.1, -0.05) is 34.8 Å². The summed E-state index contributed by atoms with van der Waals surface area (Å²) in [7, 11) is 0. The van der Waals surface area contributed by atoms with Crippen molar-refractivity contribution in [1.29, 1.82) is 0 Å². The summed E-state index contributed by atoms with van der Waals surface area (Å²) in [5.41, 5.74) is 2.79. The van der Waals surface area contributed by atoms with E-state index in [4.69, 9.17) is 39.2 Å². The summed E-state index contributed by atoms with van der Waals surface area (Å²) in [6.45, 7) is 0. The van der Waals surface area contributed by atoms with Crippen molar-refractivity contribution in [2.75, 3.05) is 5.32 Å². The lowest BCUT2D eigenvalue weighted by atomic mass is 10.2. The number of hydrogen-bond donors (Lipinski definition) is 1. The Morgan fingerprint density at radius 1 is 0.964 bits per heavy atom. The average molecular weight is 544 g/mol. The van der Waals surface area contributed by atoms with Gasteiger partial charge in [0.1, 0.15) is 5.52 Å². The summed E-state index contributed by atoms with van der Waals surface area (Å²) < 4.78 is 6.70. The van der Waals surface area contributed by atoms with Gasteiger partial charge in [0.25, 0.3) is 5.91 Å². The van der Waals surface area contributed by atoms with Crippen molar-refractivity contribution in [2.45, 2.75) is 0 Å². The van der Waals surface area contributed by atoms with Crippen LogP contribution in [0.25, 0.3) is 22.6 Å². The second-order valence-corrected chi connectivity index (χ2v) is 8.40. The molecular formula is C20H10Cl3IN2O2. The number of nitrogens with zero attached hydrogens (tertiary/aromatic N) is 1. The topological polar surface area (TPSA) is 55.1 Å². The van der Waals surface area contributed by atoms with Crippen molar-refractivity contribution in [3.63, 3.8) is 0 Å². The van der Waals surface area contributed by atoms with Crippen LogP contribution in [-0.4, -0.2) is 10.9 Å². The van der Waals surface area contributed by atoms with Gasteiger partial charge >= 0.3 is 0 Å². The van der Waals surface area contributed by atoms with E-state index in [0.717, 1.165) is 3.57 Å². The zero-order chi connectivity index (χ0) is 19.8. The maximum absolute atomic E-state index is 12.6. The maximum atomic E-state index is 12.6. The third kappa shape index (κ3) is 3.98. The van der Waals surface area contributed by atoms with Gasteiger partial charge in [0, 0.05) is 14.3 Å². The lowest BCUT2D eigenvalue weighted by molar-refractivity contribution is 0.102. The molecule has 8 heteroatoms. The fraction of sp³-hybridized carbons (Fsp3) is 0. The van der Waals surface area contributed by atoms with Crippen LogP contribution >= 0.6 is 57.4 Å². The Hall–Kier alpha value is -1.80. The van der Waals surface area contributed by atoms with Gasteiger partial charge in [0.2, 0.25) is 5.89 Å². The Labute approximate surface area is 188 Å². The molecule has 1 aromatic heterocycles. The summed E-state index contributed by atoms with van der Waals surface area (Å²) in [6, 6.07) is 15.6. The van der Waals surface area contributed by atoms with E-state index in [2.05, 4.69) is 32.9 Å². The summed E-state index contributed by atoms with van der Waals surface area (Å²) in [6.07, 6.45) is 0. The molecule has 1 N–H and O–H groups in total. The highest BCUT2D eigenvalue weighted by Gasteiger charge is 2.15. The second kappa shape index (κ2) is 7.91. The molecule has 0 spiro atoms. The van der Waals surface area contributed by atoms with Crippen LogP contribution in [-0.2, 0) is 0 Å². The van der Waals surface area contributed by atoms with Crippen LogP contribution < -0.4 is 5.32 Å². The van der Waals surface area contributed by atoms with E-state index in [0.29, 0.717) is 48.9 Å². The van der Waals surface area contributed by atoms with E-state index in [9.17, 15) is 4.79 Å². The Morgan fingerprint density at radius 2 is 1.79 bits per heavy atom. The average Bonchev–Trinajstić information content (AvgIpc) is 3.06. The first-order valence-electron chi connectivity index (χ1n) is 8.03. The minimum absolute atomic E-state index is 0.299. The SMILES string of the molecule is O=C(Nc1ccc2oc(-c3ccc(Cl)cc3Cl)nc2c1)c1cc(I)ccc1Cl. The first kappa shape index (κ1) is 19.5. The van der Waals surface area contributed by atoms with Gasteiger partial charge in [0.15, 0.2) is 5.58 Å². The first-order valence-corrected chi connectivity index (χ1v) is 10.2. The number of benzene rings is 3. The van der Waals surface area contributed by atoms with Crippen molar-refractivity contribution >= 4 is 80.1 Å². The van der Waals surface area contributed by atoms with E-state index in [1.165, 1.54) is 0 Å². The smallest absolute Gasteiger partial charge is 0.257 e. The van der Waals surface area contributed by atoms with Crippen molar-refractivity contribution in [2.24, 2.45) is 0 Å². The molecule has 0 saturated carbocycles. The largest absolute Gasteiger partial charge is 0.436 e. The molecule has 3 aromatic carbocycles. The number of hydrogen-bond acceptors (Lipinski definition) is 3. The number of nitrogens with one attached hydrogen (secondary N) is 1. The molecule has 28 heavy (non-hydrogen) atoms. The zero-order valence-electron chi connectivity index (χ0n) is 14.0. The molecule has 0 fully saturated rings. The number of carbonyl (C=O) groups is 1. The number of amides is 1. The quantitative estimate of drug-likeness (QED) is 0.276. The number of rotatable bonds is 3. The fourth-order valence-electron chi connectivity index (χ4n) is 2.65. The molecule has 0 aliphatic rings. The van der Waals surface area contributed by atoms with Gasteiger partial charge in [-0.2, -0.15) is 0 Å². The number of aromatic nitrogens is 1. The molecule has 1 heterocycles. The molecular weight excluding hydrogens is 533 g/mol. The molecule has 0 unspecified atom stereocenters. The third-order valence-corrected chi connectivity index (χ3v) is 5.53. The highest BCUT2D eigenvalue weighted by atomic mass is 127. The second-order valence-electron chi connectivity index (χ2n) is 5.90. The molecule has 4 nitrogen and oxygen atoms in total. The van der Waals surface area contributed by atoms with Crippen LogP contribution in [0.5, 0.6) is 0 Å².